The monoisotopic (exact) mass is 251 g/mol. The van der Waals surface area contributed by atoms with Gasteiger partial charge in [0.2, 0.25) is 0 Å². The molecule has 0 saturated heterocycles. The van der Waals surface area contributed by atoms with Crippen LogP contribution in [-0.4, -0.2) is 17.0 Å². The molecule has 0 aliphatic carbocycles. The van der Waals surface area contributed by atoms with Gasteiger partial charge in [-0.3, -0.25) is 10.1 Å². The maximum atomic E-state index is 11.5. The molecular formula is C12H17N3O3. The topological polar surface area (TPSA) is 84.3 Å². The second kappa shape index (κ2) is 5.48. The Kier molecular flexibility index (Phi) is 4.25. The van der Waals surface area contributed by atoms with Gasteiger partial charge in [-0.1, -0.05) is 0 Å². The number of nitrogens with zero attached hydrogens (tertiary/aromatic N) is 1. The number of nitro benzene ring substituents is 1. The summed E-state index contributed by atoms with van der Waals surface area (Å²) in [7, 11) is 0. The highest BCUT2D eigenvalue weighted by Gasteiger charge is 2.17. The van der Waals surface area contributed by atoms with E-state index in [0.29, 0.717) is 0 Å². The SMILES string of the molecule is Cc1cc(NC(=O)NC(C)C)c([N+](=O)[O-])cc1C. The number of urea groups is 1. The summed E-state index contributed by atoms with van der Waals surface area (Å²) in [4.78, 5) is 22.0. The van der Waals surface area contributed by atoms with E-state index < -0.39 is 11.0 Å². The number of amides is 2. The van der Waals surface area contributed by atoms with Gasteiger partial charge in [-0.2, -0.15) is 0 Å². The van der Waals surface area contributed by atoms with E-state index in [2.05, 4.69) is 10.6 Å². The highest BCUT2D eigenvalue weighted by molar-refractivity contribution is 5.92. The lowest BCUT2D eigenvalue weighted by atomic mass is 10.1. The van der Waals surface area contributed by atoms with Crippen LogP contribution in [0.15, 0.2) is 12.1 Å². The van der Waals surface area contributed by atoms with Crippen LogP contribution in [0, 0.1) is 24.0 Å². The third kappa shape index (κ3) is 3.44. The fourth-order valence-electron chi connectivity index (χ4n) is 1.47. The Morgan fingerprint density at radius 3 is 2.33 bits per heavy atom. The van der Waals surface area contributed by atoms with Crippen molar-refractivity contribution in [2.75, 3.05) is 5.32 Å². The predicted molar refractivity (Wildman–Crippen MR) is 69.9 cm³/mol. The van der Waals surface area contributed by atoms with Crippen molar-refractivity contribution in [2.24, 2.45) is 0 Å². The molecule has 0 saturated carbocycles. The molecule has 0 fully saturated rings. The summed E-state index contributed by atoms with van der Waals surface area (Å²) in [5.41, 5.74) is 1.82. The summed E-state index contributed by atoms with van der Waals surface area (Å²) in [5.74, 6) is 0. The molecule has 0 bridgehead atoms. The smallest absolute Gasteiger partial charge is 0.319 e. The molecule has 1 aromatic carbocycles. The average molecular weight is 251 g/mol. The van der Waals surface area contributed by atoms with Crippen LogP contribution < -0.4 is 10.6 Å². The first-order chi connectivity index (χ1) is 8.31. The number of nitrogens with one attached hydrogen (secondary N) is 2. The van der Waals surface area contributed by atoms with Crippen molar-refractivity contribution in [3.8, 4) is 0 Å². The van der Waals surface area contributed by atoms with Gasteiger partial charge in [-0.05, 0) is 44.9 Å². The van der Waals surface area contributed by atoms with Crippen LogP contribution in [0.2, 0.25) is 0 Å². The Labute approximate surface area is 106 Å². The van der Waals surface area contributed by atoms with Gasteiger partial charge in [0.1, 0.15) is 5.69 Å². The highest BCUT2D eigenvalue weighted by atomic mass is 16.6. The van der Waals surface area contributed by atoms with Crippen LogP contribution >= 0.6 is 0 Å². The third-order valence-corrected chi connectivity index (χ3v) is 2.48. The molecule has 0 aliphatic rings. The number of aryl methyl sites for hydroxylation is 2. The third-order valence-electron chi connectivity index (χ3n) is 2.48. The Balaban J connectivity index is 3.04. The van der Waals surface area contributed by atoms with E-state index in [0.717, 1.165) is 11.1 Å². The largest absolute Gasteiger partial charge is 0.336 e. The van der Waals surface area contributed by atoms with Crippen molar-refractivity contribution >= 4 is 17.4 Å². The molecule has 6 heteroatoms. The van der Waals surface area contributed by atoms with Crippen molar-refractivity contribution < 1.29 is 9.72 Å². The molecule has 0 unspecified atom stereocenters. The van der Waals surface area contributed by atoms with E-state index >= 15 is 0 Å². The molecule has 6 nitrogen and oxygen atoms in total. The van der Waals surface area contributed by atoms with Crippen molar-refractivity contribution in [3.63, 3.8) is 0 Å². The Morgan fingerprint density at radius 1 is 1.28 bits per heavy atom. The zero-order chi connectivity index (χ0) is 13.9. The van der Waals surface area contributed by atoms with Gasteiger partial charge in [-0.25, -0.2) is 4.79 Å². The predicted octanol–water partition coefficient (Wildman–Crippen LogP) is 2.74. The summed E-state index contributed by atoms with van der Waals surface area (Å²) in [6, 6.07) is 2.58. The molecule has 0 aliphatic heterocycles. The van der Waals surface area contributed by atoms with Gasteiger partial charge in [0, 0.05) is 12.1 Å². The number of hydrogen-bond acceptors (Lipinski definition) is 3. The second-order valence-corrected chi connectivity index (χ2v) is 4.46. The fourth-order valence-corrected chi connectivity index (χ4v) is 1.47. The molecule has 0 atom stereocenters. The maximum absolute atomic E-state index is 11.5. The van der Waals surface area contributed by atoms with Gasteiger partial charge in [0.15, 0.2) is 0 Å². The van der Waals surface area contributed by atoms with E-state index in [1.807, 2.05) is 20.8 Å². The highest BCUT2D eigenvalue weighted by Crippen LogP contribution is 2.27. The first-order valence-electron chi connectivity index (χ1n) is 5.64. The van der Waals surface area contributed by atoms with Crippen LogP contribution in [0.5, 0.6) is 0 Å². The molecule has 2 N–H and O–H groups in total. The van der Waals surface area contributed by atoms with Crippen LogP contribution in [-0.2, 0) is 0 Å². The van der Waals surface area contributed by atoms with E-state index in [1.165, 1.54) is 6.07 Å². The molecule has 1 aromatic rings. The van der Waals surface area contributed by atoms with E-state index in [4.69, 9.17) is 0 Å². The number of hydrogen-bond donors (Lipinski definition) is 2. The maximum Gasteiger partial charge on any atom is 0.319 e. The average Bonchev–Trinajstić information content (AvgIpc) is 2.21. The molecule has 0 aromatic heterocycles. The normalized spacial score (nSPS) is 10.3. The summed E-state index contributed by atoms with van der Waals surface area (Å²) in [6.07, 6.45) is 0. The van der Waals surface area contributed by atoms with Gasteiger partial charge in [0.25, 0.3) is 5.69 Å². The molecule has 0 radical (unpaired) electrons. The summed E-state index contributed by atoms with van der Waals surface area (Å²) in [5, 5.41) is 16.0. The molecule has 98 valence electrons. The quantitative estimate of drug-likeness (QED) is 0.639. The first-order valence-corrected chi connectivity index (χ1v) is 5.64. The van der Waals surface area contributed by atoms with Crippen molar-refractivity contribution in [2.45, 2.75) is 33.7 Å². The number of benzene rings is 1. The van der Waals surface area contributed by atoms with Gasteiger partial charge < -0.3 is 10.6 Å². The van der Waals surface area contributed by atoms with Crippen LogP contribution in [0.1, 0.15) is 25.0 Å². The molecular weight excluding hydrogens is 234 g/mol. The summed E-state index contributed by atoms with van der Waals surface area (Å²) in [6.45, 7) is 7.26. The standard InChI is InChI=1S/C12H17N3O3/c1-7(2)13-12(16)14-10-5-8(3)9(4)6-11(10)15(17)18/h5-7H,1-4H3,(H2,13,14,16). The van der Waals surface area contributed by atoms with Crippen molar-refractivity contribution in [3.05, 3.63) is 33.4 Å². The lowest BCUT2D eigenvalue weighted by molar-refractivity contribution is -0.384. The zero-order valence-electron chi connectivity index (χ0n) is 10.9. The molecule has 18 heavy (non-hydrogen) atoms. The molecule has 0 spiro atoms. The zero-order valence-corrected chi connectivity index (χ0v) is 10.9. The molecule has 1 rings (SSSR count). The number of anilines is 1. The Bertz CT molecular complexity index is 484. The second-order valence-electron chi connectivity index (χ2n) is 4.46. The number of carbonyl (C=O) groups is 1. The van der Waals surface area contributed by atoms with Gasteiger partial charge in [0.05, 0.1) is 4.92 Å². The van der Waals surface area contributed by atoms with E-state index in [9.17, 15) is 14.9 Å². The van der Waals surface area contributed by atoms with E-state index in [1.54, 1.807) is 13.0 Å². The van der Waals surface area contributed by atoms with E-state index in [-0.39, 0.29) is 17.4 Å². The molecule has 0 heterocycles. The Morgan fingerprint density at radius 2 is 1.83 bits per heavy atom. The van der Waals surface area contributed by atoms with Crippen LogP contribution in [0.3, 0.4) is 0 Å². The summed E-state index contributed by atoms with van der Waals surface area (Å²) < 4.78 is 0. The lowest BCUT2D eigenvalue weighted by Gasteiger charge is -2.11. The number of rotatable bonds is 3. The number of nitro groups is 1. The lowest BCUT2D eigenvalue weighted by Crippen LogP contribution is -2.34. The Hall–Kier alpha value is -2.11. The van der Waals surface area contributed by atoms with Gasteiger partial charge >= 0.3 is 6.03 Å². The van der Waals surface area contributed by atoms with Crippen molar-refractivity contribution in [1.29, 1.82) is 0 Å². The van der Waals surface area contributed by atoms with Crippen molar-refractivity contribution in [1.82, 2.24) is 5.32 Å². The molecule has 2 amide bonds. The van der Waals surface area contributed by atoms with Gasteiger partial charge in [-0.15, -0.1) is 0 Å². The minimum absolute atomic E-state index is 0.0319. The first kappa shape index (κ1) is 14.0. The van der Waals surface area contributed by atoms with Crippen LogP contribution in [0.25, 0.3) is 0 Å². The fraction of sp³-hybridized carbons (Fsp3) is 0.417. The number of carbonyl (C=O) groups excluding carboxylic acids is 1. The summed E-state index contributed by atoms with van der Waals surface area (Å²) >= 11 is 0. The van der Waals surface area contributed by atoms with Crippen LogP contribution in [0.4, 0.5) is 16.2 Å². The minimum atomic E-state index is -0.503. The minimum Gasteiger partial charge on any atom is -0.336 e.